The Balaban J connectivity index is 0.00000128. The third-order valence-corrected chi connectivity index (χ3v) is 2.45. The van der Waals surface area contributed by atoms with Gasteiger partial charge in [-0.1, -0.05) is 11.6 Å². The molecule has 0 radical (unpaired) electrons. The molecule has 1 heterocycles. The summed E-state index contributed by atoms with van der Waals surface area (Å²) in [5.74, 6) is -0.964. The average molecular weight is 258 g/mol. The van der Waals surface area contributed by atoms with E-state index in [0.29, 0.717) is 15.9 Å². The second-order valence-corrected chi connectivity index (χ2v) is 3.69. The van der Waals surface area contributed by atoms with Crippen molar-refractivity contribution < 1.29 is 9.90 Å². The van der Waals surface area contributed by atoms with Crippen molar-refractivity contribution in [2.24, 2.45) is 0 Å². The maximum absolute atomic E-state index is 10.8. The number of aromatic nitrogens is 1. The molecule has 0 bridgehead atoms. The van der Waals surface area contributed by atoms with Crippen LogP contribution in [0.15, 0.2) is 24.3 Å². The molecule has 1 aromatic heterocycles. The minimum Gasteiger partial charge on any atom is -0.478 e. The van der Waals surface area contributed by atoms with Crippen LogP contribution in [-0.2, 0) is 0 Å². The molecule has 2 aromatic rings. The lowest BCUT2D eigenvalue weighted by Gasteiger charge is -2.02. The van der Waals surface area contributed by atoms with E-state index in [2.05, 4.69) is 4.98 Å². The number of carboxylic acid groups (broad SMARTS) is 1. The van der Waals surface area contributed by atoms with Gasteiger partial charge in [0.1, 0.15) is 0 Å². The number of rotatable bonds is 1. The zero-order valence-electron chi connectivity index (χ0n) is 8.40. The number of fused-ring (bicyclic) bond motifs is 1. The molecule has 2 rings (SSSR count). The van der Waals surface area contributed by atoms with Gasteiger partial charge in [0.2, 0.25) is 0 Å². The van der Waals surface area contributed by atoms with Crippen molar-refractivity contribution in [3.63, 3.8) is 0 Å². The van der Waals surface area contributed by atoms with Crippen molar-refractivity contribution in [2.45, 2.75) is 6.92 Å². The number of aryl methyl sites for hydroxylation is 1. The van der Waals surface area contributed by atoms with E-state index in [1.165, 1.54) is 12.1 Å². The third-order valence-electron chi connectivity index (χ3n) is 2.13. The first kappa shape index (κ1) is 12.7. The Hall–Kier alpha value is -1.32. The number of hydrogen-bond donors (Lipinski definition) is 1. The standard InChI is InChI=1S/C11H8ClNO2.ClH/c1-6-4-9(12)8-5-7(11(14)15)2-3-10(8)13-6;/h2-5H,1H3,(H,14,15);1H. The van der Waals surface area contributed by atoms with Crippen molar-refractivity contribution in [3.05, 3.63) is 40.5 Å². The molecule has 3 nitrogen and oxygen atoms in total. The van der Waals surface area contributed by atoms with Crippen LogP contribution >= 0.6 is 24.0 Å². The second-order valence-electron chi connectivity index (χ2n) is 3.28. The maximum atomic E-state index is 10.8. The highest BCUT2D eigenvalue weighted by Crippen LogP contribution is 2.24. The summed E-state index contributed by atoms with van der Waals surface area (Å²) >= 11 is 6.01. The predicted octanol–water partition coefficient (Wildman–Crippen LogP) is 3.32. The third kappa shape index (κ3) is 2.26. The number of carboxylic acids is 1. The van der Waals surface area contributed by atoms with Gasteiger partial charge in [-0.25, -0.2) is 4.79 Å². The summed E-state index contributed by atoms with van der Waals surface area (Å²) in [6.45, 7) is 1.84. The maximum Gasteiger partial charge on any atom is 0.335 e. The van der Waals surface area contributed by atoms with Crippen molar-refractivity contribution >= 4 is 40.9 Å². The Kier molecular flexibility index (Phi) is 3.73. The first-order valence-electron chi connectivity index (χ1n) is 4.38. The molecule has 0 aliphatic carbocycles. The van der Waals surface area contributed by atoms with Gasteiger partial charge < -0.3 is 5.11 Å². The highest BCUT2D eigenvalue weighted by Gasteiger charge is 2.07. The minimum absolute atomic E-state index is 0. The summed E-state index contributed by atoms with van der Waals surface area (Å²) in [4.78, 5) is 15.0. The largest absolute Gasteiger partial charge is 0.478 e. The van der Waals surface area contributed by atoms with Crippen molar-refractivity contribution in [1.29, 1.82) is 0 Å². The van der Waals surface area contributed by atoms with Crippen molar-refractivity contribution in [1.82, 2.24) is 4.98 Å². The summed E-state index contributed by atoms with van der Waals surface area (Å²) in [6.07, 6.45) is 0. The van der Waals surface area contributed by atoms with Gasteiger partial charge in [-0.3, -0.25) is 4.98 Å². The number of nitrogens with zero attached hydrogens (tertiary/aromatic N) is 1. The van der Waals surface area contributed by atoms with Crippen LogP contribution in [-0.4, -0.2) is 16.1 Å². The van der Waals surface area contributed by atoms with Gasteiger partial charge in [-0.2, -0.15) is 0 Å². The fraction of sp³-hybridized carbons (Fsp3) is 0.0909. The van der Waals surface area contributed by atoms with Gasteiger partial charge in [0.05, 0.1) is 16.1 Å². The molecule has 0 amide bonds. The van der Waals surface area contributed by atoms with Crippen LogP contribution in [0.5, 0.6) is 0 Å². The lowest BCUT2D eigenvalue weighted by molar-refractivity contribution is 0.0697. The molecule has 0 fully saturated rings. The Labute approximate surface area is 103 Å². The highest BCUT2D eigenvalue weighted by atomic mass is 35.5. The van der Waals surface area contributed by atoms with Crippen LogP contribution in [0, 0.1) is 6.92 Å². The molecule has 1 N–H and O–H groups in total. The Morgan fingerprint density at radius 2 is 2.06 bits per heavy atom. The smallest absolute Gasteiger partial charge is 0.335 e. The summed E-state index contributed by atoms with van der Waals surface area (Å²) in [5, 5.41) is 10.0. The first-order valence-corrected chi connectivity index (χ1v) is 4.76. The number of carbonyl (C=O) groups is 1. The number of benzene rings is 1. The molecule has 1 aromatic carbocycles. The van der Waals surface area contributed by atoms with Crippen LogP contribution in [0.3, 0.4) is 0 Å². The molecule has 0 aliphatic heterocycles. The van der Waals surface area contributed by atoms with E-state index in [0.717, 1.165) is 5.69 Å². The van der Waals surface area contributed by atoms with Crippen molar-refractivity contribution in [3.8, 4) is 0 Å². The molecule has 0 aliphatic rings. The van der Waals surface area contributed by atoms with Gasteiger partial charge >= 0.3 is 5.97 Å². The molecule has 0 unspecified atom stereocenters. The second kappa shape index (κ2) is 4.68. The van der Waals surface area contributed by atoms with Crippen LogP contribution in [0.25, 0.3) is 10.9 Å². The minimum atomic E-state index is -0.964. The van der Waals surface area contributed by atoms with E-state index in [1.54, 1.807) is 12.1 Å². The first-order chi connectivity index (χ1) is 7.08. The molecule has 0 atom stereocenters. The SMILES string of the molecule is Cc1cc(Cl)c2cc(C(=O)O)ccc2n1.Cl. The zero-order valence-corrected chi connectivity index (χ0v) is 9.97. The van der Waals surface area contributed by atoms with Gasteiger partial charge in [-0.05, 0) is 31.2 Å². The normalized spacial score (nSPS) is 9.88. The molecule has 0 spiro atoms. The van der Waals surface area contributed by atoms with Crippen LogP contribution in [0.1, 0.15) is 16.1 Å². The van der Waals surface area contributed by atoms with Crippen LogP contribution < -0.4 is 0 Å². The molecule has 0 saturated heterocycles. The quantitative estimate of drug-likeness (QED) is 0.853. The van der Waals surface area contributed by atoms with Gasteiger partial charge in [0.15, 0.2) is 0 Å². The molecule has 5 heteroatoms. The molecule has 0 saturated carbocycles. The number of halogens is 2. The average Bonchev–Trinajstić information content (AvgIpc) is 2.16. The van der Waals surface area contributed by atoms with E-state index in [4.69, 9.17) is 16.7 Å². The Morgan fingerprint density at radius 3 is 2.69 bits per heavy atom. The van der Waals surface area contributed by atoms with E-state index in [9.17, 15) is 4.79 Å². The fourth-order valence-corrected chi connectivity index (χ4v) is 1.75. The fourth-order valence-electron chi connectivity index (χ4n) is 1.44. The van der Waals surface area contributed by atoms with Gasteiger partial charge in [0, 0.05) is 11.1 Å². The summed E-state index contributed by atoms with van der Waals surface area (Å²) < 4.78 is 0. The molecule has 16 heavy (non-hydrogen) atoms. The zero-order chi connectivity index (χ0) is 11.0. The Morgan fingerprint density at radius 1 is 1.38 bits per heavy atom. The highest BCUT2D eigenvalue weighted by molar-refractivity contribution is 6.35. The van der Waals surface area contributed by atoms with E-state index in [1.807, 2.05) is 6.92 Å². The lowest BCUT2D eigenvalue weighted by Crippen LogP contribution is -1.96. The van der Waals surface area contributed by atoms with E-state index < -0.39 is 5.97 Å². The van der Waals surface area contributed by atoms with E-state index >= 15 is 0 Å². The lowest BCUT2D eigenvalue weighted by atomic mass is 10.1. The molecular weight excluding hydrogens is 249 g/mol. The van der Waals surface area contributed by atoms with Gasteiger partial charge in [-0.15, -0.1) is 12.4 Å². The molecule has 84 valence electrons. The van der Waals surface area contributed by atoms with Gasteiger partial charge in [0.25, 0.3) is 0 Å². The topological polar surface area (TPSA) is 50.2 Å². The summed E-state index contributed by atoms with van der Waals surface area (Å²) in [5.41, 5.74) is 1.75. The van der Waals surface area contributed by atoms with Crippen LogP contribution in [0.4, 0.5) is 0 Å². The molecular formula is C11H9Cl2NO2. The monoisotopic (exact) mass is 257 g/mol. The predicted molar refractivity (Wildman–Crippen MR) is 65.7 cm³/mol. The van der Waals surface area contributed by atoms with Crippen molar-refractivity contribution in [2.75, 3.05) is 0 Å². The Bertz CT molecular complexity index is 555. The number of hydrogen-bond acceptors (Lipinski definition) is 2. The van der Waals surface area contributed by atoms with Crippen LogP contribution in [0.2, 0.25) is 5.02 Å². The summed E-state index contributed by atoms with van der Waals surface area (Å²) in [6, 6.07) is 6.44. The summed E-state index contributed by atoms with van der Waals surface area (Å²) in [7, 11) is 0. The van der Waals surface area contributed by atoms with E-state index in [-0.39, 0.29) is 18.0 Å². The number of aromatic carboxylic acids is 1. The number of pyridine rings is 1.